The first-order valence-corrected chi connectivity index (χ1v) is 9.89. The van der Waals surface area contributed by atoms with Crippen molar-refractivity contribution in [2.24, 2.45) is 0 Å². The molecule has 148 valence electrons. The number of carbonyl (C=O) groups excluding carboxylic acids is 2. The van der Waals surface area contributed by atoms with Gasteiger partial charge >= 0.3 is 0 Å². The lowest BCUT2D eigenvalue weighted by atomic mass is 10.1. The summed E-state index contributed by atoms with van der Waals surface area (Å²) in [5.41, 5.74) is 1.29. The summed E-state index contributed by atoms with van der Waals surface area (Å²) in [6, 6.07) is 16.0. The zero-order chi connectivity index (χ0) is 20.6. The minimum Gasteiger partial charge on any atom is -0.325 e. The van der Waals surface area contributed by atoms with Crippen LogP contribution in [0.25, 0.3) is 11.3 Å². The van der Waals surface area contributed by atoms with E-state index in [2.05, 4.69) is 25.8 Å². The summed E-state index contributed by atoms with van der Waals surface area (Å²) in [5.74, 6) is -0.318. The molecule has 1 aromatic heterocycles. The largest absolute Gasteiger partial charge is 0.325 e. The average Bonchev–Trinajstić information content (AvgIpc) is 2.73. The number of benzene rings is 2. The summed E-state index contributed by atoms with van der Waals surface area (Å²) < 4.78 is 0. The van der Waals surface area contributed by atoms with Crippen LogP contribution in [-0.4, -0.2) is 32.7 Å². The van der Waals surface area contributed by atoms with Crippen LogP contribution in [0.4, 0.5) is 11.4 Å². The fourth-order valence-corrected chi connectivity index (χ4v) is 3.06. The molecule has 0 aliphatic heterocycles. The second-order valence-corrected chi connectivity index (χ2v) is 6.92. The Morgan fingerprint density at radius 2 is 1.69 bits per heavy atom. The molecule has 0 spiro atoms. The number of hydrogen-bond acceptors (Lipinski definition) is 6. The van der Waals surface area contributed by atoms with Crippen molar-refractivity contribution >= 4 is 35.0 Å². The minimum absolute atomic E-state index is 0.0714. The van der Waals surface area contributed by atoms with Gasteiger partial charge in [-0.05, 0) is 18.2 Å². The Hall–Kier alpha value is -3.46. The van der Waals surface area contributed by atoms with Crippen LogP contribution >= 0.6 is 11.8 Å². The summed E-state index contributed by atoms with van der Waals surface area (Å²) >= 11 is 1.07. The van der Waals surface area contributed by atoms with Crippen molar-refractivity contribution in [1.82, 2.24) is 15.2 Å². The maximum Gasteiger partial charge on any atom is 0.278 e. The van der Waals surface area contributed by atoms with Crippen LogP contribution in [0.3, 0.4) is 0 Å². The quantitative estimate of drug-likeness (QED) is 0.517. The standard InChI is InChI=1S/C20H19N5O3S/c1-2-16(26)22-15-11-7-6-10-14(15)18-19(28)23-20(25-24-18)29-12-17(27)21-13-8-4-3-5-9-13/h3-11H,2,12H2,1H3,(H,21,27)(H,22,26)(H,23,25,28). The van der Waals surface area contributed by atoms with Crippen LogP contribution in [0.2, 0.25) is 0 Å². The fourth-order valence-electron chi connectivity index (χ4n) is 2.45. The molecular weight excluding hydrogens is 390 g/mol. The second kappa shape index (κ2) is 9.65. The van der Waals surface area contributed by atoms with Gasteiger partial charge in [0.2, 0.25) is 11.8 Å². The third kappa shape index (κ3) is 5.52. The van der Waals surface area contributed by atoms with E-state index in [1.165, 1.54) is 0 Å². The Morgan fingerprint density at radius 1 is 0.966 bits per heavy atom. The molecule has 0 unspecified atom stereocenters. The van der Waals surface area contributed by atoms with Crippen molar-refractivity contribution in [2.45, 2.75) is 18.5 Å². The van der Waals surface area contributed by atoms with Crippen molar-refractivity contribution < 1.29 is 9.59 Å². The summed E-state index contributed by atoms with van der Waals surface area (Å²) in [6.45, 7) is 1.74. The zero-order valence-electron chi connectivity index (χ0n) is 15.6. The Labute approximate surface area is 171 Å². The van der Waals surface area contributed by atoms with Crippen LogP contribution in [0.1, 0.15) is 13.3 Å². The van der Waals surface area contributed by atoms with Gasteiger partial charge in [0.05, 0.1) is 11.4 Å². The first-order chi connectivity index (χ1) is 14.1. The SMILES string of the molecule is CCC(=O)Nc1ccccc1-c1nnc(SCC(=O)Nc2ccccc2)[nH]c1=O. The van der Waals surface area contributed by atoms with E-state index in [0.29, 0.717) is 23.4 Å². The van der Waals surface area contributed by atoms with Crippen LogP contribution in [0.5, 0.6) is 0 Å². The normalized spacial score (nSPS) is 10.4. The highest BCUT2D eigenvalue weighted by Gasteiger charge is 2.14. The van der Waals surface area contributed by atoms with Crippen LogP contribution in [0, 0.1) is 0 Å². The molecule has 3 aromatic rings. The number of aromatic amines is 1. The van der Waals surface area contributed by atoms with E-state index < -0.39 is 5.56 Å². The Balaban J connectivity index is 1.70. The van der Waals surface area contributed by atoms with Crippen LogP contribution < -0.4 is 16.2 Å². The average molecular weight is 409 g/mol. The maximum atomic E-state index is 12.5. The number of carbonyl (C=O) groups is 2. The molecule has 0 aliphatic carbocycles. The van der Waals surface area contributed by atoms with Gasteiger partial charge < -0.3 is 10.6 Å². The Morgan fingerprint density at radius 3 is 2.41 bits per heavy atom. The molecule has 9 heteroatoms. The molecule has 1 heterocycles. The second-order valence-electron chi connectivity index (χ2n) is 5.96. The molecule has 3 N–H and O–H groups in total. The molecule has 3 rings (SSSR count). The minimum atomic E-state index is -0.454. The summed E-state index contributed by atoms with van der Waals surface area (Å²) in [5, 5.41) is 13.7. The Kier molecular flexibility index (Phi) is 6.75. The van der Waals surface area contributed by atoms with E-state index in [4.69, 9.17) is 0 Å². The van der Waals surface area contributed by atoms with E-state index in [9.17, 15) is 14.4 Å². The van der Waals surface area contributed by atoms with Gasteiger partial charge in [0.15, 0.2) is 10.9 Å². The number of amides is 2. The Bertz CT molecular complexity index is 1070. The molecule has 8 nitrogen and oxygen atoms in total. The van der Waals surface area contributed by atoms with E-state index >= 15 is 0 Å². The topological polar surface area (TPSA) is 117 Å². The number of aromatic nitrogens is 3. The van der Waals surface area contributed by atoms with E-state index in [1.54, 1.807) is 43.3 Å². The maximum absolute atomic E-state index is 12.5. The number of anilines is 2. The monoisotopic (exact) mass is 409 g/mol. The molecule has 29 heavy (non-hydrogen) atoms. The molecule has 0 aliphatic rings. The van der Waals surface area contributed by atoms with Crippen LogP contribution in [0.15, 0.2) is 64.5 Å². The third-order valence-corrected chi connectivity index (χ3v) is 4.71. The summed E-state index contributed by atoms with van der Waals surface area (Å²) in [6.07, 6.45) is 0.316. The molecule has 0 saturated heterocycles. The van der Waals surface area contributed by atoms with Crippen LogP contribution in [-0.2, 0) is 9.59 Å². The van der Waals surface area contributed by atoms with Gasteiger partial charge in [-0.1, -0.05) is 55.1 Å². The van der Waals surface area contributed by atoms with Gasteiger partial charge in [-0.15, -0.1) is 10.2 Å². The van der Waals surface area contributed by atoms with E-state index in [1.807, 2.05) is 18.2 Å². The van der Waals surface area contributed by atoms with Gasteiger partial charge in [-0.2, -0.15) is 0 Å². The first kappa shape index (κ1) is 20.3. The third-order valence-electron chi connectivity index (χ3n) is 3.85. The predicted octanol–water partition coefficient (Wildman–Crippen LogP) is 2.91. The van der Waals surface area contributed by atoms with Crippen molar-refractivity contribution in [3.8, 4) is 11.3 Å². The molecule has 0 bridgehead atoms. The van der Waals surface area contributed by atoms with Crippen molar-refractivity contribution in [2.75, 3.05) is 16.4 Å². The van der Waals surface area contributed by atoms with Crippen molar-refractivity contribution in [3.63, 3.8) is 0 Å². The smallest absolute Gasteiger partial charge is 0.278 e. The number of H-pyrrole nitrogens is 1. The van der Waals surface area contributed by atoms with Gasteiger partial charge in [0.1, 0.15) is 0 Å². The highest BCUT2D eigenvalue weighted by molar-refractivity contribution is 7.99. The summed E-state index contributed by atoms with van der Waals surface area (Å²) in [7, 11) is 0. The number of para-hydroxylation sites is 2. The molecule has 2 amide bonds. The highest BCUT2D eigenvalue weighted by Crippen LogP contribution is 2.24. The molecular formula is C20H19N5O3S. The lowest BCUT2D eigenvalue weighted by Crippen LogP contribution is -2.18. The molecule has 2 aromatic carbocycles. The lowest BCUT2D eigenvalue weighted by molar-refractivity contribution is -0.116. The molecule has 0 fully saturated rings. The molecule has 0 atom stereocenters. The fraction of sp³-hybridized carbons (Fsp3) is 0.150. The van der Waals surface area contributed by atoms with Gasteiger partial charge in [-0.3, -0.25) is 19.4 Å². The highest BCUT2D eigenvalue weighted by atomic mass is 32.2. The first-order valence-electron chi connectivity index (χ1n) is 8.90. The van der Waals surface area contributed by atoms with Gasteiger partial charge in [0, 0.05) is 17.7 Å². The van der Waals surface area contributed by atoms with E-state index in [0.717, 1.165) is 11.8 Å². The van der Waals surface area contributed by atoms with Crippen molar-refractivity contribution in [3.05, 3.63) is 65.0 Å². The zero-order valence-corrected chi connectivity index (χ0v) is 16.5. The van der Waals surface area contributed by atoms with Crippen molar-refractivity contribution in [1.29, 1.82) is 0 Å². The molecule has 0 saturated carbocycles. The number of nitrogens with zero attached hydrogens (tertiary/aromatic N) is 2. The van der Waals surface area contributed by atoms with Gasteiger partial charge in [0.25, 0.3) is 5.56 Å². The van der Waals surface area contributed by atoms with Gasteiger partial charge in [-0.25, -0.2) is 0 Å². The number of hydrogen-bond donors (Lipinski definition) is 3. The van der Waals surface area contributed by atoms with E-state index in [-0.39, 0.29) is 28.4 Å². The lowest BCUT2D eigenvalue weighted by Gasteiger charge is -2.09. The predicted molar refractivity (Wildman–Crippen MR) is 113 cm³/mol. The number of nitrogens with one attached hydrogen (secondary N) is 3. The number of rotatable bonds is 7. The molecule has 0 radical (unpaired) electrons. The number of thioether (sulfide) groups is 1. The summed E-state index contributed by atoms with van der Waals surface area (Å²) in [4.78, 5) is 38.9.